The number of aromatic amines is 1. The van der Waals surface area contributed by atoms with Crippen molar-refractivity contribution in [3.8, 4) is 11.5 Å². The van der Waals surface area contributed by atoms with Gasteiger partial charge in [0.2, 0.25) is 0 Å². The average molecular weight is 467 g/mol. The van der Waals surface area contributed by atoms with Crippen LogP contribution in [0.15, 0.2) is 41.4 Å². The maximum atomic E-state index is 12.8. The van der Waals surface area contributed by atoms with Crippen LogP contribution in [0.4, 0.5) is 17.3 Å². The SMILES string of the molecule is CNc1nc(-c2cc([C@@H](C)NC(=O)c3ncnc(Nc4ccncc4)c3Cl)on2)[nH]c1C=N. The molecule has 1 amide bonds. The summed E-state index contributed by atoms with van der Waals surface area (Å²) in [5.41, 5.74) is 1.66. The van der Waals surface area contributed by atoms with Crippen molar-refractivity contribution in [3.05, 3.63) is 59.1 Å². The zero-order valence-corrected chi connectivity index (χ0v) is 18.3. The molecule has 168 valence electrons. The number of pyridine rings is 1. The van der Waals surface area contributed by atoms with E-state index in [-0.39, 0.29) is 16.5 Å². The first kappa shape index (κ1) is 21.9. The van der Waals surface area contributed by atoms with Crippen molar-refractivity contribution in [3.63, 3.8) is 0 Å². The highest BCUT2D eigenvalue weighted by Crippen LogP contribution is 2.26. The Morgan fingerprint density at radius 1 is 1.27 bits per heavy atom. The van der Waals surface area contributed by atoms with Gasteiger partial charge in [0.25, 0.3) is 5.91 Å². The van der Waals surface area contributed by atoms with Crippen molar-refractivity contribution in [1.29, 1.82) is 5.41 Å². The van der Waals surface area contributed by atoms with Gasteiger partial charge in [-0.1, -0.05) is 16.8 Å². The first-order valence-corrected chi connectivity index (χ1v) is 10.1. The standard InChI is InChI=1S/C20H19ClN10O2/c1-10(14-7-12(31-33-14)18-29-13(8-22)17(23-2)30-18)27-20(32)16-15(21)19(26-9-25-16)28-11-3-5-24-6-4-11/h3-10,22-23H,1-2H3,(H,27,32)(H,29,30)(H,24,25,26,28)/t10-/m1/s1. The lowest BCUT2D eigenvalue weighted by Crippen LogP contribution is -2.27. The van der Waals surface area contributed by atoms with Crippen LogP contribution in [0.5, 0.6) is 0 Å². The summed E-state index contributed by atoms with van der Waals surface area (Å²) in [5, 5.41) is 20.2. The van der Waals surface area contributed by atoms with Gasteiger partial charge < -0.3 is 30.9 Å². The second kappa shape index (κ2) is 9.44. The van der Waals surface area contributed by atoms with Gasteiger partial charge in [-0.15, -0.1) is 0 Å². The van der Waals surface area contributed by atoms with E-state index in [2.05, 4.69) is 46.0 Å². The number of anilines is 3. The molecule has 0 spiro atoms. The van der Waals surface area contributed by atoms with E-state index in [0.29, 0.717) is 34.5 Å². The fourth-order valence-electron chi connectivity index (χ4n) is 2.93. The molecule has 0 bridgehead atoms. The summed E-state index contributed by atoms with van der Waals surface area (Å²) >= 11 is 6.38. The Morgan fingerprint density at radius 2 is 2.06 bits per heavy atom. The smallest absolute Gasteiger partial charge is 0.272 e. The third-order valence-electron chi connectivity index (χ3n) is 4.61. The molecule has 13 heteroatoms. The topological polar surface area (TPSA) is 170 Å². The van der Waals surface area contributed by atoms with Crippen LogP contribution >= 0.6 is 11.6 Å². The van der Waals surface area contributed by atoms with Crippen LogP contribution < -0.4 is 16.0 Å². The van der Waals surface area contributed by atoms with Crippen LogP contribution in [0, 0.1) is 5.41 Å². The van der Waals surface area contributed by atoms with Gasteiger partial charge in [-0.05, 0) is 19.1 Å². The molecule has 0 aliphatic heterocycles. The molecule has 0 radical (unpaired) electrons. The van der Waals surface area contributed by atoms with Crippen molar-refractivity contribution < 1.29 is 9.32 Å². The zero-order chi connectivity index (χ0) is 23.4. The van der Waals surface area contributed by atoms with Crippen LogP contribution in [0.2, 0.25) is 5.02 Å². The fraction of sp³-hybridized carbons (Fsp3) is 0.150. The number of aromatic nitrogens is 6. The number of hydrogen-bond acceptors (Lipinski definition) is 10. The summed E-state index contributed by atoms with van der Waals surface area (Å²) in [6.45, 7) is 1.73. The van der Waals surface area contributed by atoms with Crippen molar-refractivity contribution in [2.24, 2.45) is 0 Å². The third-order valence-corrected chi connectivity index (χ3v) is 4.96. The number of nitrogens with one attached hydrogen (secondary N) is 5. The van der Waals surface area contributed by atoms with Crippen LogP contribution in [-0.2, 0) is 0 Å². The number of nitrogens with zero attached hydrogens (tertiary/aromatic N) is 5. The molecule has 0 saturated heterocycles. The normalized spacial score (nSPS) is 11.6. The van der Waals surface area contributed by atoms with Crippen LogP contribution in [0.1, 0.15) is 34.9 Å². The van der Waals surface area contributed by atoms with E-state index in [1.165, 1.54) is 6.33 Å². The average Bonchev–Trinajstić information content (AvgIpc) is 3.48. The van der Waals surface area contributed by atoms with Gasteiger partial charge in [-0.3, -0.25) is 9.78 Å². The first-order valence-electron chi connectivity index (χ1n) is 9.73. The number of carbonyl (C=O) groups excluding carboxylic acids is 1. The second-order valence-corrected chi connectivity index (χ2v) is 7.18. The third kappa shape index (κ3) is 4.65. The van der Waals surface area contributed by atoms with Gasteiger partial charge in [-0.25, -0.2) is 15.0 Å². The van der Waals surface area contributed by atoms with E-state index < -0.39 is 11.9 Å². The minimum atomic E-state index is -0.540. The summed E-state index contributed by atoms with van der Waals surface area (Å²) in [7, 11) is 1.70. The molecule has 33 heavy (non-hydrogen) atoms. The molecular formula is C20H19ClN10O2. The van der Waals surface area contributed by atoms with Crippen LogP contribution in [-0.4, -0.2) is 49.2 Å². The summed E-state index contributed by atoms with van der Waals surface area (Å²) < 4.78 is 5.38. The lowest BCUT2D eigenvalue weighted by atomic mass is 10.2. The van der Waals surface area contributed by atoms with Crippen LogP contribution in [0.3, 0.4) is 0 Å². The fourth-order valence-corrected chi connectivity index (χ4v) is 3.16. The van der Waals surface area contributed by atoms with Crippen LogP contribution in [0.25, 0.3) is 11.5 Å². The summed E-state index contributed by atoms with van der Waals surface area (Å²) in [5.74, 6) is 1.12. The van der Waals surface area contributed by atoms with Gasteiger partial charge in [0, 0.05) is 37.4 Å². The Hall–Kier alpha value is -4.32. The molecule has 4 rings (SSSR count). The Balaban J connectivity index is 1.49. The maximum absolute atomic E-state index is 12.8. The largest absolute Gasteiger partial charge is 0.371 e. The molecule has 5 N–H and O–H groups in total. The van der Waals surface area contributed by atoms with Gasteiger partial charge in [0.05, 0.1) is 6.04 Å². The highest BCUT2D eigenvalue weighted by molar-refractivity contribution is 6.35. The van der Waals surface area contributed by atoms with Crippen molar-refractivity contribution in [2.75, 3.05) is 17.7 Å². The number of rotatable bonds is 8. The van der Waals surface area contributed by atoms with Crippen molar-refractivity contribution >= 4 is 41.0 Å². The Bertz CT molecular complexity index is 1290. The Kier molecular flexibility index (Phi) is 6.26. The maximum Gasteiger partial charge on any atom is 0.272 e. The highest BCUT2D eigenvalue weighted by Gasteiger charge is 2.22. The predicted octanol–water partition coefficient (Wildman–Crippen LogP) is 3.18. The molecule has 0 unspecified atom stereocenters. The van der Waals surface area contributed by atoms with Crippen molar-refractivity contribution in [1.82, 2.24) is 35.4 Å². The molecule has 12 nitrogen and oxygen atoms in total. The van der Waals surface area contributed by atoms with E-state index in [1.807, 2.05) is 0 Å². The number of hydrogen-bond donors (Lipinski definition) is 5. The van der Waals surface area contributed by atoms with Gasteiger partial charge in [0.1, 0.15) is 22.7 Å². The number of halogens is 1. The minimum absolute atomic E-state index is 0.00938. The summed E-state index contributed by atoms with van der Waals surface area (Å²) in [6, 6.07) is 4.59. The second-order valence-electron chi connectivity index (χ2n) is 6.80. The van der Waals surface area contributed by atoms with E-state index in [9.17, 15) is 4.79 Å². The van der Waals surface area contributed by atoms with E-state index in [4.69, 9.17) is 21.5 Å². The van der Waals surface area contributed by atoms with Crippen molar-refractivity contribution in [2.45, 2.75) is 13.0 Å². The first-order chi connectivity index (χ1) is 16.0. The molecule has 0 aromatic carbocycles. The Morgan fingerprint density at radius 3 is 2.76 bits per heavy atom. The quantitative estimate of drug-likeness (QED) is 0.244. The van der Waals surface area contributed by atoms with Gasteiger partial charge in [-0.2, -0.15) is 0 Å². The molecular weight excluding hydrogens is 448 g/mol. The van der Waals surface area contributed by atoms with Gasteiger partial charge in [0.15, 0.2) is 28.9 Å². The molecule has 0 aliphatic carbocycles. The lowest BCUT2D eigenvalue weighted by Gasteiger charge is -2.12. The minimum Gasteiger partial charge on any atom is -0.371 e. The van der Waals surface area contributed by atoms with E-state index in [0.717, 1.165) is 6.21 Å². The molecule has 0 saturated carbocycles. The van der Waals surface area contributed by atoms with E-state index >= 15 is 0 Å². The lowest BCUT2D eigenvalue weighted by molar-refractivity contribution is 0.0929. The highest BCUT2D eigenvalue weighted by atomic mass is 35.5. The molecule has 1 atom stereocenters. The number of imidazole rings is 1. The number of carbonyl (C=O) groups is 1. The Labute approximate surface area is 192 Å². The monoisotopic (exact) mass is 466 g/mol. The molecule has 4 aromatic rings. The number of amides is 1. The number of H-pyrrole nitrogens is 1. The molecule has 4 heterocycles. The zero-order valence-electron chi connectivity index (χ0n) is 17.5. The molecule has 0 aliphatic rings. The molecule has 0 fully saturated rings. The van der Waals surface area contributed by atoms with E-state index in [1.54, 1.807) is 44.6 Å². The summed E-state index contributed by atoms with van der Waals surface area (Å²) in [6.07, 6.45) is 5.63. The summed E-state index contributed by atoms with van der Waals surface area (Å²) in [4.78, 5) is 32.2. The molecule has 4 aromatic heterocycles. The van der Waals surface area contributed by atoms with Gasteiger partial charge >= 0.3 is 0 Å². The predicted molar refractivity (Wildman–Crippen MR) is 122 cm³/mol.